The lowest BCUT2D eigenvalue weighted by atomic mass is 10.0. The Hall–Kier alpha value is -0.610. The van der Waals surface area contributed by atoms with E-state index in [1.807, 2.05) is 4.90 Å². The summed E-state index contributed by atoms with van der Waals surface area (Å²) in [5.74, 6) is 0.826. The van der Waals surface area contributed by atoms with Crippen molar-refractivity contribution in [3.8, 4) is 0 Å². The molecule has 2 N–H and O–H groups in total. The Labute approximate surface area is 98.1 Å². The van der Waals surface area contributed by atoms with E-state index in [1.54, 1.807) is 0 Å². The lowest BCUT2D eigenvalue weighted by Crippen LogP contribution is -2.33. The van der Waals surface area contributed by atoms with Gasteiger partial charge in [-0.15, -0.1) is 0 Å². The minimum atomic E-state index is 0.273. The molecule has 1 aliphatic heterocycles. The molecule has 0 aliphatic carbocycles. The number of rotatable bonds is 5. The molecule has 16 heavy (non-hydrogen) atoms. The van der Waals surface area contributed by atoms with E-state index in [0.29, 0.717) is 25.5 Å². The fourth-order valence-corrected chi connectivity index (χ4v) is 1.95. The summed E-state index contributed by atoms with van der Waals surface area (Å²) in [6.07, 6.45) is 3.58. The SMILES string of the molecule is CC(CCN)CCC(=O)N1CCCOCC1. The van der Waals surface area contributed by atoms with Gasteiger partial charge in [0.2, 0.25) is 5.91 Å². The Kier molecular flexibility index (Phi) is 6.42. The zero-order valence-electron chi connectivity index (χ0n) is 10.3. The molecule has 1 unspecified atom stereocenters. The number of amides is 1. The molecule has 0 aromatic heterocycles. The molecule has 1 rings (SSSR count). The van der Waals surface area contributed by atoms with Crippen LogP contribution in [0, 0.1) is 5.92 Å². The number of hydrogen-bond donors (Lipinski definition) is 1. The first-order valence-corrected chi connectivity index (χ1v) is 6.29. The van der Waals surface area contributed by atoms with Crippen LogP contribution in [0.5, 0.6) is 0 Å². The molecule has 4 heteroatoms. The van der Waals surface area contributed by atoms with E-state index in [0.717, 1.165) is 39.0 Å². The van der Waals surface area contributed by atoms with Gasteiger partial charge in [-0.25, -0.2) is 0 Å². The third kappa shape index (κ3) is 4.94. The van der Waals surface area contributed by atoms with Gasteiger partial charge in [-0.2, -0.15) is 0 Å². The second kappa shape index (κ2) is 7.63. The molecule has 0 aromatic rings. The van der Waals surface area contributed by atoms with Gasteiger partial charge in [-0.05, 0) is 31.7 Å². The van der Waals surface area contributed by atoms with Crippen molar-refractivity contribution < 1.29 is 9.53 Å². The molecule has 1 aliphatic rings. The van der Waals surface area contributed by atoms with Crippen LogP contribution in [0.3, 0.4) is 0 Å². The minimum Gasteiger partial charge on any atom is -0.380 e. The first kappa shape index (κ1) is 13.5. The summed E-state index contributed by atoms with van der Waals surface area (Å²) in [4.78, 5) is 13.8. The largest absolute Gasteiger partial charge is 0.380 e. The van der Waals surface area contributed by atoms with Crippen LogP contribution in [0.1, 0.15) is 32.6 Å². The second-order valence-electron chi connectivity index (χ2n) is 4.57. The van der Waals surface area contributed by atoms with Gasteiger partial charge in [0.05, 0.1) is 6.61 Å². The van der Waals surface area contributed by atoms with Gasteiger partial charge in [0.25, 0.3) is 0 Å². The molecule has 94 valence electrons. The summed E-state index contributed by atoms with van der Waals surface area (Å²) >= 11 is 0. The van der Waals surface area contributed by atoms with Gasteiger partial charge in [-0.1, -0.05) is 6.92 Å². The number of ether oxygens (including phenoxy) is 1. The van der Waals surface area contributed by atoms with Crippen molar-refractivity contribution in [2.24, 2.45) is 11.7 Å². The lowest BCUT2D eigenvalue weighted by molar-refractivity contribution is -0.131. The molecule has 0 bridgehead atoms. The topological polar surface area (TPSA) is 55.6 Å². The van der Waals surface area contributed by atoms with E-state index >= 15 is 0 Å². The highest BCUT2D eigenvalue weighted by atomic mass is 16.5. The molecule has 1 fully saturated rings. The Morgan fingerprint density at radius 2 is 2.19 bits per heavy atom. The number of carbonyl (C=O) groups is 1. The standard InChI is InChI=1S/C12H24N2O2/c1-11(5-6-13)3-4-12(15)14-7-2-9-16-10-8-14/h11H,2-10,13H2,1H3. The smallest absolute Gasteiger partial charge is 0.222 e. The summed E-state index contributed by atoms with van der Waals surface area (Å²) in [5.41, 5.74) is 5.49. The van der Waals surface area contributed by atoms with Crippen LogP contribution in [0.15, 0.2) is 0 Å². The fourth-order valence-electron chi connectivity index (χ4n) is 1.95. The maximum Gasteiger partial charge on any atom is 0.222 e. The van der Waals surface area contributed by atoms with Gasteiger partial charge in [0.15, 0.2) is 0 Å². The van der Waals surface area contributed by atoms with Gasteiger partial charge in [-0.3, -0.25) is 4.79 Å². The van der Waals surface area contributed by atoms with Crippen molar-refractivity contribution >= 4 is 5.91 Å². The predicted molar refractivity (Wildman–Crippen MR) is 64.1 cm³/mol. The molecule has 0 aromatic carbocycles. The van der Waals surface area contributed by atoms with E-state index in [9.17, 15) is 4.79 Å². The highest BCUT2D eigenvalue weighted by Crippen LogP contribution is 2.11. The molecular formula is C12H24N2O2. The lowest BCUT2D eigenvalue weighted by Gasteiger charge is -2.20. The van der Waals surface area contributed by atoms with E-state index in [4.69, 9.17) is 10.5 Å². The van der Waals surface area contributed by atoms with Gasteiger partial charge in [0.1, 0.15) is 0 Å². The normalized spacial score (nSPS) is 19.2. The summed E-state index contributed by atoms with van der Waals surface area (Å²) < 4.78 is 5.33. The van der Waals surface area contributed by atoms with Crippen LogP contribution in [0.25, 0.3) is 0 Å². The first-order chi connectivity index (χ1) is 7.74. The van der Waals surface area contributed by atoms with E-state index < -0.39 is 0 Å². The molecule has 0 radical (unpaired) electrons. The molecule has 0 saturated carbocycles. The minimum absolute atomic E-state index is 0.273. The third-order valence-electron chi connectivity index (χ3n) is 3.09. The van der Waals surface area contributed by atoms with Crippen LogP contribution in [0.2, 0.25) is 0 Å². The van der Waals surface area contributed by atoms with Crippen molar-refractivity contribution in [1.29, 1.82) is 0 Å². The second-order valence-corrected chi connectivity index (χ2v) is 4.57. The van der Waals surface area contributed by atoms with Gasteiger partial charge in [0, 0.05) is 26.1 Å². The quantitative estimate of drug-likeness (QED) is 0.764. The van der Waals surface area contributed by atoms with Crippen LogP contribution in [-0.2, 0) is 9.53 Å². The average molecular weight is 228 g/mol. The molecule has 1 atom stereocenters. The predicted octanol–water partition coefficient (Wildman–Crippen LogP) is 1.00. The Bertz CT molecular complexity index is 201. The van der Waals surface area contributed by atoms with Crippen LogP contribution >= 0.6 is 0 Å². The highest BCUT2D eigenvalue weighted by Gasteiger charge is 2.16. The Morgan fingerprint density at radius 1 is 1.38 bits per heavy atom. The Morgan fingerprint density at radius 3 is 2.94 bits per heavy atom. The molecule has 4 nitrogen and oxygen atoms in total. The summed E-state index contributed by atoms with van der Waals surface area (Å²) in [7, 11) is 0. The van der Waals surface area contributed by atoms with Crippen molar-refractivity contribution in [3.63, 3.8) is 0 Å². The van der Waals surface area contributed by atoms with Crippen molar-refractivity contribution in [2.75, 3.05) is 32.8 Å². The molecule has 1 heterocycles. The number of carbonyl (C=O) groups excluding carboxylic acids is 1. The maximum absolute atomic E-state index is 11.9. The number of hydrogen-bond acceptors (Lipinski definition) is 3. The zero-order chi connectivity index (χ0) is 11.8. The summed E-state index contributed by atoms with van der Waals surface area (Å²) in [6, 6.07) is 0. The first-order valence-electron chi connectivity index (χ1n) is 6.29. The average Bonchev–Trinajstić information content (AvgIpc) is 2.55. The van der Waals surface area contributed by atoms with Crippen molar-refractivity contribution in [1.82, 2.24) is 4.90 Å². The van der Waals surface area contributed by atoms with Crippen LogP contribution in [-0.4, -0.2) is 43.7 Å². The number of nitrogens with zero attached hydrogens (tertiary/aromatic N) is 1. The highest BCUT2D eigenvalue weighted by molar-refractivity contribution is 5.76. The van der Waals surface area contributed by atoms with E-state index in [2.05, 4.69) is 6.92 Å². The Balaban J connectivity index is 2.22. The van der Waals surface area contributed by atoms with E-state index in [1.165, 1.54) is 0 Å². The van der Waals surface area contributed by atoms with Crippen LogP contribution in [0.4, 0.5) is 0 Å². The van der Waals surface area contributed by atoms with Crippen molar-refractivity contribution in [2.45, 2.75) is 32.6 Å². The van der Waals surface area contributed by atoms with Gasteiger partial charge >= 0.3 is 0 Å². The summed E-state index contributed by atoms with van der Waals surface area (Å²) in [5, 5.41) is 0. The zero-order valence-corrected chi connectivity index (χ0v) is 10.3. The third-order valence-corrected chi connectivity index (χ3v) is 3.09. The molecule has 1 saturated heterocycles. The summed E-state index contributed by atoms with van der Waals surface area (Å²) in [6.45, 7) is 5.95. The van der Waals surface area contributed by atoms with Crippen LogP contribution < -0.4 is 5.73 Å². The van der Waals surface area contributed by atoms with Crippen molar-refractivity contribution in [3.05, 3.63) is 0 Å². The van der Waals surface area contributed by atoms with E-state index in [-0.39, 0.29) is 5.91 Å². The van der Waals surface area contributed by atoms with Gasteiger partial charge < -0.3 is 15.4 Å². The fraction of sp³-hybridized carbons (Fsp3) is 0.917. The molecular weight excluding hydrogens is 204 g/mol. The molecule has 1 amide bonds. The monoisotopic (exact) mass is 228 g/mol. The maximum atomic E-state index is 11.9. The number of nitrogens with two attached hydrogens (primary N) is 1. The molecule has 0 spiro atoms.